The molecule has 0 bridgehead atoms. The van der Waals surface area contributed by atoms with Crippen molar-refractivity contribution in [1.82, 2.24) is 9.55 Å². The van der Waals surface area contributed by atoms with Crippen LogP contribution in [0.25, 0.3) is 11.3 Å². The number of aliphatic hydroxyl groups excluding tert-OH is 1. The third-order valence-corrected chi connectivity index (χ3v) is 3.37. The van der Waals surface area contributed by atoms with Crippen LogP contribution >= 0.6 is 0 Å². The van der Waals surface area contributed by atoms with Crippen molar-refractivity contribution in [2.75, 3.05) is 12.3 Å². The summed E-state index contributed by atoms with van der Waals surface area (Å²) in [6, 6.07) is 3.48. The Balaban J connectivity index is 2.00. The number of hydrogen-bond donors (Lipinski definition) is 2. The van der Waals surface area contributed by atoms with Crippen molar-refractivity contribution < 1.29 is 14.3 Å². The fourth-order valence-electron chi connectivity index (χ4n) is 2.34. The van der Waals surface area contributed by atoms with Gasteiger partial charge in [-0.25, -0.2) is 4.79 Å². The minimum atomic E-state index is -0.471. The maximum absolute atomic E-state index is 11.9. The summed E-state index contributed by atoms with van der Waals surface area (Å²) in [4.78, 5) is 15.8. The molecule has 1 aliphatic heterocycles. The first kappa shape index (κ1) is 12.9. The first-order valence-corrected chi connectivity index (χ1v) is 6.38. The molecule has 20 heavy (non-hydrogen) atoms. The van der Waals surface area contributed by atoms with E-state index >= 15 is 0 Å². The summed E-state index contributed by atoms with van der Waals surface area (Å²) < 4.78 is 12.3. The Morgan fingerprint density at radius 3 is 3.00 bits per heavy atom. The van der Waals surface area contributed by atoms with Gasteiger partial charge in [0.05, 0.1) is 24.5 Å². The van der Waals surface area contributed by atoms with Gasteiger partial charge in [-0.3, -0.25) is 4.57 Å². The smallest absolute Gasteiger partial charge is 0.351 e. The van der Waals surface area contributed by atoms with Gasteiger partial charge in [0, 0.05) is 6.20 Å². The number of rotatable bonds is 3. The van der Waals surface area contributed by atoms with E-state index in [0.717, 1.165) is 0 Å². The fraction of sp³-hybridized carbons (Fsp3) is 0.385. The Morgan fingerprint density at radius 1 is 1.50 bits per heavy atom. The number of ether oxygens (including phenoxy) is 1. The van der Waals surface area contributed by atoms with Crippen LogP contribution in [-0.4, -0.2) is 27.4 Å². The van der Waals surface area contributed by atoms with Crippen LogP contribution in [0.15, 0.2) is 33.8 Å². The number of nitrogens with zero attached hydrogens (tertiary/aromatic N) is 2. The molecule has 0 aromatic carbocycles. The predicted molar refractivity (Wildman–Crippen MR) is 70.8 cm³/mol. The van der Waals surface area contributed by atoms with Gasteiger partial charge >= 0.3 is 5.69 Å². The van der Waals surface area contributed by atoms with Crippen LogP contribution in [-0.2, 0) is 4.74 Å². The molecule has 1 fully saturated rings. The van der Waals surface area contributed by atoms with E-state index in [1.165, 1.54) is 10.8 Å². The Hall–Kier alpha value is -2.12. The van der Waals surface area contributed by atoms with Gasteiger partial charge < -0.3 is 20.0 Å². The average molecular weight is 277 g/mol. The minimum Gasteiger partial charge on any atom is -0.464 e. The second-order valence-corrected chi connectivity index (χ2v) is 4.68. The first-order chi connectivity index (χ1) is 9.69. The second kappa shape index (κ2) is 5.10. The molecule has 0 radical (unpaired) electrons. The van der Waals surface area contributed by atoms with Crippen molar-refractivity contribution in [2.45, 2.75) is 25.2 Å². The number of aliphatic hydroxyl groups is 1. The second-order valence-electron chi connectivity index (χ2n) is 4.68. The largest absolute Gasteiger partial charge is 0.464 e. The molecule has 0 spiro atoms. The van der Waals surface area contributed by atoms with Gasteiger partial charge in [0.1, 0.15) is 17.8 Å². The van der Waals surface area contributed by atoms with Crippen LogP contribution in [0.4, 0.5) is 5.82 Å². The van der Waals surface area contributed by atoms with Gasteiger partial charge in [0.25, 0.3) is 0 Å². The van der Waals surface area contributed by atoms with Crippen molar-refractivity contribution in [3.05, 3.63) is 35.1 Å². The molecule has 2 atom stereocenters. The summed E-state index contributed by atoms with van der Waals surface area (Å²) >= 11 is 0. The van der Waals surface area contributed by atoms with Gasteiger partial charge in [-0.15, -0.1) is 0 Å². The highest BCUT2D eigenvalue weighted by atomic mass is 16.5. The average Bonchev–Trinajstić information content (AvgIpc) is 3.09. The van der Waals surface area contributed by atoms with Crippen LogP contribution in [0.2, 0.25) is 0 Å². The molecule has 3 rings (SSSR count). The summed E-state index contributed by atoms with van der Waals surface area (Å²) in [6.45, 7) is -0.0569. The van der Waals surface area contributed by atoms with Gasteiger partial charge in [0.2, 0.25) is 0 Å². The SMILES string of the molecule is Nc1nc(=O)n([C@@H]2CC[C@H](CO)O2)cc1-c1ccco1. The first-order valence-electron chi connectivity index (χ1n) is 6.38. The lowest BCUT2D eigenvalue weighted by atomic mass is 10.2. The zero-order chi connectivity index (χ0) is 14.1. The van der Waals surface area contributed by atoms with Crippen LogP contribution in [0, 0.1) is 0 Å². The molecule has 2 aromatic rings. The lowest BCUT2D eigenvalue weighted by molar-refractivity contribution is -0.0244. The monoisotopic (exact) mass is 277 g/mol. The molecule has 1 saturated heterocycles. The lowest BCUT2D eigenvalue weighted by Gasteiger charge is -2.16. The molecule has 7 heteroatoms. The van der Waals surface area contributed by atoms with Crippen LogP contribution in [0.1, 0.15) is 19.1 Å². The van der Waals surface area contributed by atoms with Crippen LogP contribution in [0.5, 0.6) is 0 Å². The van der Waals surface area contributed by atoms with E-state index in [1.54, 1.807) is 18.3 Å². The van der Waals surface area contributed by atoms with Gasteiger partial charge in [-0.05, 0) is 25.0 Å². The topological polar surface area (TPSA) is 104 Å². The number of hydrogen-bond acceptors (Lipinski definition) is 6. The Bertz CT molecular complexity index is 650. The highest BCUT2D eigenvalue weighted by Gasteiger charge is 2.27. The standard InChI is InChI=1S/C13H15N3O4/c14-12-9(10-2-1-5-19-10)6-16(13(18)15-12)11-4-3-8(7-17)20-11/h1-2,5-6,8,11,17H,3-4,7H2,(H2,14,15,18)/t8-,11+/m1/s1. The maximum atomic E-state index is 11.9. The summed E-state index contributed by atoms with van der Waals surface area (Å²) in [5.41, 5.74) is 5.84. The van der Waals surface area contributed by atoms with E-state index < -0.39 is 11.9 Å². The van der Waals surface area contributed by atoms with Gasteiger partial charge in [-0.2, -0.15) is 4.98 Å². The van der Waals surface area contributed by atoms with Crippen molar-refractivity contribution in [1.29, 1.82) is 0 Å². The summed E-state index contributed by atoms with van der Waals surface area (Å²) in [6.07, 6.45) is 3.80. The number of aromatic nitrogens is 2. The van der Waals surface area contributed by atoms with Crippen molar-refractivity contribution in [2.24, 2.45) is 0 Å². The number of anilines is 1. The molecule has 0 aliphatic carbocycles. The van der Waals surface area contributed by atoms with E-state index in [0.29, 0.717) is 24.2 Å². The summed E-state index contributed by atoms with van der Waals surface area (Å²) in [5.74, 6) is 0.665. The quantitative estimate of drug-likeness (QED) is 0.858. The molecule has 0 amide bonds. The highest BCUT2D eigenvalue weighted by Crippen LogP contribution is 2.29. The van der Waals surface area contributed by atoms with Crippen molar-refractivity contribution in [3.63, 3.8) is 0 Å². The Morgan fingerprint density at radius 2 is 2.35 bits per heavy atom. The third-order valence-electron chi connectivity index (χ3n) is 3.37. The summed E-state index contributed by atoms with van der Waals surface area (Å²) in [7, 11) is 0. The number of nitrogens with two attached hydrogens (primary N) is 1. The zero-order valence-corrected chi connectivity index (χ0v) is 10.7. The van der Waals surface area contributed by atoms with Gasteiger partial charge in [0.15, 0.2) is 0 Å². The van der Waals surface area contributed by atoms with E-state index in [1.807, 2.05) is 0 Å². The molecule has 1 aliphatic rings. The third kappa shape index (κ3) is 2.21. The maximum Gasteiger partial charge on any atom is 0.351 e. The molecule has 3 N–H and O–H groups in total. The fourth-order valence-corrected chi connectivity index (χ4v) is 2.34. The highest BCUT2D eigenvalue weighted by molar-refractivity contribution is 5.68. The number of nitrogen functional groups attached to an aromatic ring is 1. The van der Waals surface area contributed by atoms with E-state index in [9.17, 15) is 4.79 Å². The minimum absolute atomic E-state index is 0.0569. The van der Waals surface area contributed by atoms with Crippen LogP contribution in [0.3, 0.4) is 0 Å². The normalized spacial score (nSPS) is 22.2. The molecule has 0 unspecified atom stereocenters. The predicted octanol–water partition coefficient (Wildman–Crippen LogP) is 0.755. The lowest BCUT2D eigenvalue weighted by Crippen LogP contribution is -2.28. The molecule has 3 heterocycles. The van der Waals surface area contributed by atoms with E-state index in [-0.39, 0.29) is 18.5 Å². The molecule has 2 aromatic heterocycles. The Labute approximate surface area is 114 Å². The molecule has 106 valence electrons. The molecule has 0 saturated carbocycles. The molecular weight excluding hydrogens is 262 g/mol. The van der Waals surface area contributed by atoms with Gasteiger partial charge in [-0.1, -0.05) is 0 Å². The zero-order valence-electron chi connectivity index (χ0n) is 10.7. The van der Waals surface area contributed by atoms with E-state index in [2.05, 4.69) is 4.98 Å². The van der Waals surface area contributed by atoms with E-state index in [4.69, 9.17) is 20.0 Å². The molecular formula is C13H15N3O4. The van der Waals surface area contributed by atoms with Crippen molar-refractivity contribution >= 4 is 5.82 Å². The molecule has 7 nitrogen and oxygen atoms in total. The van der Waals surface area contributed by atoms with Crippen molar-refractivity contribution in [3.8, 4) is 11.3 Å². The number of furan rings is 1. The Kier molecular flexibility index (Phi) is 3.29. The summed E-state index contributed by atoms with van der Waals surface area (Å²) in [5, 5.41) is 9.09. The van der Waals surface area contributed by atoms with Crippen LogP contribution < -0.4 is 11.4 Å².